The van der Waals surface area contributed by atoms with Crippen molar-refractivity contribution in [1.29, 1.82) is 0 Å². The van der Waals surface area contributed by atoms with Gasteiger partial charge in [0.2, 0.25) is 19.8 Å². The van der Waals surface area contributed by atoms with Crippen LogP contribution in [0.25, 0.3) is 0 Å². The Morgan fingerprint density at radius 2 is 1.83 bits per heavy atom. The van der Waals surface area contributed by atoms with E-state index in [4.69, 9.17) is 11.6 Å². The van der Waals surface area contributed by atoms with Crippen LogP contribution in [-0.2, 0) is 32.2 Å². The molecule has 0 aliphatic carbocycles. The van der Waals surface area contributed by atoms with Gasteiger partial charge in [0.15, 0.2) is 0 Å². The van der Waals surface area contributed by atoms with Crippen molar-refractivity contribution in [1.82, 2.24) is 15.0 Å². The molecule has 2 aromatic carbocycles. The SMILES string of the molecule is BN(Cc1ccc2c(c1)C(B)(B)N(C1CCC(=O)NC1=O)C2=O)C(=O)C(F)(F)c1ccc(Cl)cc1. The lowest BCUT2D eigenvalue weighted by atomic mass is 9.57. The van der Waals surface area contributed by atoms with Gasteiger partial charge in [0.1, 0.15) is 21.7 Å². The number of hydrogen-bond donors (Lipinski definition) is 1. The molecule has 1 N–H and O–H groups in total. The van der Waals surface area contributed by atoms with E-state index in [1.807, 2.05) is 0 Å². The summed E-state index contributed by atoms with van der Waals surface area (Å²) in [6, 6.07) is 8.90. The van der Waals surface area contributed by atoms with E-state index < -0.39 is 34.7 Å². The topological polar surface area (TPSA) is 86.8 Å². The fourth-order valence-corrected chi connectivity index (χ4v) is 4.85. The Kier molecular flexibility index (Phi) is 6.29. The van der Waals surface area contributed by atoms with Crippen molar-refractivity contribution in [2.24, 2.45) is 0 Å². The van der Waals surface area contributed by atoms with Gasteiger partial charge in [-0.2, -0.15) is 8.78 Å². The molecular formula is C22H21B3ClF2N3O4. The Labute approximate surface area is 208 Å². The zero-order chi connectivity index (χ0) is 25.7. The molecule has 2 aliphatic heterocycles. The minimum Gasteiger partial charge on any atom is -0.384 e. The summed E-state index contributed by atoms with van der Waals surface area (Å²) in [5.74, 6) is -6.36. The number of piperidine rings is 1. The highest BCUT2D eigenvalue weighted by Crippen LogP contribution is 2.38. The molecule has 2 aliphatic rings. The standard InChI is InChI=1S/C22H21B3ClF2N3O4/c23-22(24)15-9-11(10-30(25)20(35)21(27,28)12-2-4-13(26)5-3-12)1-6-14(15)19(34)31(22)16-7-8-17(32)29-18(16)33/h1-6,9,16H,7-8,10,23-25H2,(H,29,32,33). The molecule has 0 aromatic heterocycles. The molecule has 4 rings (SSSR count). The second-order valence-corrected chi connectivity index (χ2v) is 9.76. The van der Waals surface area contributed by atoms with Crippen molar-refractivity contribution in [3.63, 3.8) is 0 Å². The summed E-state index contributed by atoms with van der Waals surface area (Å²) in [6.45, 7) is -0.113. The number of imide groups is 1. The maximum absolute atomic E-state index is 14.8. The van der Waals surface area contributed by atoms with E-state index in [2.05, 4.69) is 5.32 Å². The van der Waals surface area contributed by atoms with Crippen LogP contribution in [0.4, 0.5) is 8.78 Å². The maximum atomic E-state index is 14.8. The number of carbonyl (C=O) groups excluding carboxylic acids is 4. The average Bonchev–Trinajstić information content (AvgIpc) is 2.99. The molecule has 1 fully saturated rings. The van der Waals surface area contributed by atoms with E-state index in [9.17, 15) is 28.0 Å². The normalized spacial score (nSPS) is 19.3. The van der Waals surface area contributed by atoms with Gasteiger partial charge in [-0.25, -0.2) is 0 Å². The van der Waals surface area contributed by atoms with E-state index in [1.165, 1.54) is 25.0 Å². The number of benzene rings is 2. The zero-order valence-electron chi connectivity index (χ0n) is 19.4. The van der Waals surface area contributed by atoms with Gasteiger partial charge in [0, 0.05) is 34.5 Å². The van der Waals surface area contributed by atoms with Gasteiger partial charge in [-0.1, -0.05) is 35.9 Å². The number of alkyl halides is 2. The Morgan fingerprint density at radius 1 is 1.17 bits per heavy atom. The summed E-state index contributed by atoms with van der Waals surface area (Å²) in [7, 11) is 4.85. The first-order valence-corrected chi connectivity index (χ1v) is 11.4. The van der Waals surface area contributed by atoms with Crippen molar-refractivity contribution in [3.8, 4) is 0 Å². The molecule has 0 radical (unpaired) electrons. The smallest absolute Gasteiger partial charge is 0.348 e. The molecule has 1 saturated heterocycles. The van der Waals surface area contributed by atoms with Crippen LogP contribution in [0.1, 0.15) is 39.9 Å². The third-order valence-electron chi connectivity index (χ3n) is 6.56. The van der Waals surface area contributed by atoms with Crippen LogP contribution in [0.15, 0.2) is 42.5 Å². The van der Waals surface area contributed by atoms with Crippen molar-refractivity contribution < 1.29 is 28.0 Å². The van der Waals surface area contributed by atoms with Crippen LogP contribution in [0.3, 0.4) is 0 Å². The fraction of sp³-hybridized carbons (Fsp3) is 0.273. The Bertz CT molecular complexity index is 1240. The Morgan fingerprint density at radius 3 is 2.46 bits per heavy atom. The third kappa shape index (κ3) is 4.35. The summed E-state index contributed by atoms with van der Waals surface area (Å²) in [6.07, 6.45) is 0.351. The van der Waals surface area contributed by atoms with Crippen LogP contribution in [-0.4, -0.2) is 63.1 Å². The molecule has 13 heteroatoms. The van der Waals surface area contributed by atoms with Gasteiger partial charge in [0.25, 0.3) is 11.8 Å². The largest absolute Gasteiger partial charge is 0.384 e. The average molecular weight is 497 g/mol. The number of nitrogens with one attached hydrogen (secondary N) is 1. The number of hydrogen-bond acceptors (Lipinski definition) is 4. The predicted molar refractivity (Wildman–Crippen MR) is 132 cm³/mol. The van der Waals surface area contributed by atoms with E-state index in [-0.39, 0.29) is 36.2 Å². The van der Waals surface area contributed by atoms with Gasteiger partial charge in [-0.05, 0) is 35.7 Å². The number of nitrogens with zero attached hydrogens (tertiary/aromatic N) is 2. The van der Waals surface area contributed by atoms with E-state index in [0.717, 1.165) is 16.9 Å². The van der Waals surface area contributed by atoms with Gasteiger partial charge in [-0.3, -0.25) is 24.5 Å². The van der Waals surface area contributed by atoms with E-state index in [0.29, 0.717) is 16.7 Å². The second kappa shape index (κ2) is 8.82. The lowest BCUT2D eigenvalue weighted by Crippen LogP contribution is -2.59. The minimum absolute atomic E-state index is 0.113. The van der Waals surface area contributed by atoms with Crippen LogP contribution in [0.2, 0.25) is 5.02 Å². The number of carbonyl (C=O) groups is 4. The first-order valence-electron chi connectivity index (χ1n) is 11.0. The van der Waals surface area contributed by atoms with Crippen LogP contribution in [0, 0.1) is 0 Å². The number of rotatable bonds is 5. The molecule has 4 amide bonds. The first-order chi connectivity index (χ1) is 16.3. The Hall–Kier alpha value is -3.14. The summed E-state index contributed by atoms with van der Waals surface area (Å²) < 4.78 is 29.6. The molecule has 2 heterocycles. The summed E-state index contributed by atoms with van der Waals surface area (Å²) in [5.41, 5.74) is 1.11. The molecule has 1 atom stereocenters. The van der Waals surface area contributed by atoms with Crippen molar-refractivity contribution in [2.45, 2.75) is 36.7 Å². The van der Waals surface area contributed by atoms with Crippen molar-refractivity contribution in [2.75, 3.05) is 0 Å². The summed E-state index contributed by atoms with van der Waals surface area (Å²) >= 11 is 5.76. The molecule has 1 unspecified atom stereocenters. The van der Waals surface area contributed by atoms with Gasteiger partial charge in [0.05, 0.1) is 0 Å². The van der Waals surface area contributed by atoms with Crippen LogP contribution in [0.5, 0.6) is 0 Å². The third-order valence-corrected chi connectivity index (χ3v) is 6.81. The zero-order valence-corrected chi connectivity index (χ0v) is 20.2. The minimum atomic E-state index is -3.74. The van der Waals surface area contributed by atoms with Crippen LogP contribution < -0.4 is 5.32 Å². The van der Waals surface area contributed by atoms with E-state index >= 15 is 0 Å². The highest BCUT2D eigenvalue weighted by atomic mass is 35.5. The fourth-order valence-electron chi connectivity index (χ4n) is 4.72. The van der Waals surface area contributed by atoms with Gasteiger partial charge in [-0.15, -0.1) is 0 Å². The predicted octanol–water partition coefficient (Wildman–Crippen LogP) is -0.354. The monoisotopic (exact) mass is 497 g/mol. The Balaban J connectivity index is 1.56. The van der Waals surface area contributed by atoms with E-state index in [1.54, 1.807) is 33.9 Å². The number of amides is 4. The van der Waals surface area contributed by atoms with Crippen molar-refractivity contribution in [3.05, 3.63) is 69.7 Å². The molecule has 0 spiro atoms. The molecule has 7 nitrogen and oxygen atoms in total. The van der Waals surface area contributed by atoms with Crippen LogP contribution >= 0.6 is 11.6 Å². The lowest BCUT2D eigenvalue weighted by Gasteiger charge is -2.40. The van der Waals surface area contributed by atoms with Crippen molar-refractivity contribution >= 4 is 58.9 Å². The quantitative estimate of drug-likeness (QED) is 0.452. The highest BCUT2D eigenvalue weighted by Gasteiger charge is 2.49. The lowest BCUT2D eigenvalue weighted by molar-refractivity contribution is -0.154. The number of fused-ring (bicyclic) bond motifs is 1. The molecule has 2 aromatic rings. The molecular weight excluding hydrogens is 476 g/mol. The molecule has 178 valence electrons. The molecule has 0 bridgehead atoms. The highest BCUT2D eigenvalue weighted by molar-refractivity contribution is 6.43. The first kappa shape index (κ1) is 25.0. The van der Waals surface area contributed by atoms with Gasteiger partial charge >= 0.3 is 5.92 Å². The molecule has 0 saturated carbocycles. The maximum Gasteiger partial charge on any atom is 0.348 e. The number of halogens is 3. The molecule has 35 heavy (non-hydrogen) atoms. The summed E-state index contributed by atoms with van der Waals surface area (Å²) in [5, 5.41) is 1.67. The van der Waals surface area contributed by atoms with Gasteiger partial charge < -0.3 is 9.71 Å². The summed E-state index contributed by atoms with van der Waals surface area (Å²) in [4.78, 5) is 52.2. The second-order valence-electron chi connectivity index (χ2n) is 9.32.